The standard InChI is InChI=1S/C22H22N2O3S/c1-16(18-9-5-3-6-10-18)13-21(26)27-14-19-15-28-22(23-19)24(17(2)25)20-11-7-4-8-12-20/h3-12,15-16H,13-14H2,1-2H3/t16-/m1/s1. The fraction of sp³-hybridized carbons (Fsp3) is 0.227. The predicted octanol–water partition coefficient (Wildman–Crippen LogP) is 5.06. The van der Waals surface area contributed by atoms with Gasteiger partial charge in [0.1, 0.15) is 6.61 Å². The monoisotopic (exact) mass is 394 g/mol. The smallest absolute Gasteiger partial charge is 0.306 e. The van der Waals surface area contributed by atoms with Gasteiger partial charge in [0.15, 0.2) is 5.13 Å². The molecule has 1 heterocycles. The maximum Gasteiger partial charge on any atom is 0.306 e. The van der Waals surface area contributed by atoms with Gasteiger partial charge in [-0.1, -0.05) is 55.5 Å². The number of rotatable bonds is 7. The van der Waals surface area contributed by atoms with Crippen LogP contribution in [0.25, 0.3) is 0 Å². The van der Waals surface area contributed by atoms with E-state index in [1.54, 1.807) is 4.90 Å². The lowest BCUT2D eigenvalue weighted by molar-refractivity contribution is -0.145. The number of amides is 1. The van der Waals surface area contributed by atoms with Gasteiger partial charge in [-0.15, -0.1) is 11.3 Å². The second-order valence-corrected chi connectivity index (χ2v) is 7.32. The Morgan fingerprint density at radius 3 is 2.36 bits per heavy atom. The molecule has 5 nitrogen and oxygen atoms in total. The van der Waals surface area contributed by atoms with E-state index in [1.165, 1.54) is 18.3 Å². The minimum atomic E-state index is -0.266. The average molecular weight is 394 g/mol. The van der Waals surface area contributed by atoms with Gasteiger partial charge in [-0.3, -0.25) is 14.5 Å². The van der Waals surface area contributed by atoms with Crippen molar-refractivity contribution >= 4 is 34.0 Å². The Morgan fingerprint density at radius 1 is 1.07 bits per heavy atom. The Balaban J connectivity index is 1.60. The van der Waals surface area contributed by atoms with Gasteiger partial charge in [0, 0.05) is 12.3 Å². The normalized spacial score (nSPS) is 11.6. The van der Waals surface area contributed by atoms with Crippen molar-refractivity contribution in [2.24, 2.45) is 0 Å². The van der Waals surface area contributed by atoms with Gasteiger partial charge in [0.05, 0.1) is 17.8 Å². The van der Waals surface area contributed by atoms with Gasteiger partial charge >= 0.3 is 5.97 Å². The van der Waals surface area contributed by atoms with Gasteiger partial charge in [-0.05, 0) is 23.6 Å². The lowest BCUT2D eigenvalue weighted by Crippen LogP contribution is -2.22. The summed E-state index contributed by atoms with van der Waals surface area (Å²) in [4.78, 5) is 30.3. The van der Waals surface area contributed by atoms with Crippen LogP contribution in [0.15, 0.2) is 66.0 Å². The molecule has 3 rings (SSSR count). The number of anilines is 2. The number of ether oxygens (including phenoxy) is 1. The Bertz CT molecular complexity index is 925. The lowest BCUT2D eigenvalue weighted by Gasteiger charge is -2.17. The predicted molar refractivity (Wildman–Crippen MR) is 111 cm³/mol. The Morgan fingerprint density at radius 2 is 1.71 bits per heavy atom. The molecule has 0 radical (unpaired) electrons. The highest BCUT2D eigenvalue weighted by Crippen LogP contribution is 2.29. The molecule has 0 saturated carbocycles. The summed E-state index contributed by atoms with van der Waals surface area (Å²) in [5, 5.41) is 2.37. The molecular formula is C22H22N2O3S. The van der Waals surface area contributed by atoms with Gasteiger partial charge < -0.3 is 4.74 Å². The van der Waals surface area contributed by atoms with Crippen LogP contribution in [0.5, 0.6) is 0 Å². The van der Waals surface area contributed by atoms with E-state index < -0.39 is 0 Å². The number of thiazole rings is 1. The summed E-state index contributed by atoms with van der Waals surface area (Å²) in [5.41, 5.74) is 2.49. The van der Waals surface area contributed by atoms with Gasteiger partial charge in [0.25, 0.3) is 0 Å². The fourth-order valence-electron chi connectivity index (χ4n) is 2.83. The Hall–Kier alpha value is -2.99. The molecule has 0 fully saturated rings. The minimum absolute atomic E-state index is 0.0889. The van der Waals surface area contributed by atoms with Crippen LogP contribution in [-0.4, -0.2) is 16.9 Å². The molecule has 0 saturated heterocycles. The van der Waals surface area contributed by atoms with Crippen molar-refractivity contribution < 1.29 is 14.3 Å². The van der Waals surface area contributed by atoms with E-state index >= 15 is 0 Å². The number of carbonyl (C=O) groups excluding carboxylic acids is 2. The molecule has 0 aliphatic rings. The zero-order valence-electron chi connectivity index (χ0n) is 15.9. The highest BCUT2D eigenvalue weighted by atomic mass is 32.1. The second-order valence-electron chi connectivity index (χ2n) is 6.49. The number of para-hydroxylation sites is 1. The lowest BCUT2D eigenvalue weighted by atomic mass is 9.98. The molecule has 1 amide bonds. The number of hydrogen-bond donors (Lipinski definition) is 0. The number of nitrogens with zero attached hydrogens (tertiary/aromatic N) is 2. The summed E-state index contributed by atoms with van der Waals surface area (Å²) in [6.45, 7) is 3.60. The largest absolute Gasteiger partial charge is 0.459 e. The zero-order chi connectivity index (χ0) is 19.9. The second kappa shape index (κ2) is 9.28. The van der Waals surface area contributed by atoms with E-state index in [9.17, 15) is 9.59 Å². The molecule has 1 atom stereocenters. The molecule has 0 aliphatic heterocycles. The molecule has 144 valence electrons. The highest BCUT2D eigenvalue weighted by molar-refractivity contribution is 7.14. The molecule has 1 aromatic heterocycles. The van der Waals surface area contributed by atoms with Crippen molar-refractivity contribution in [3.63, 3.8) is 0 Å². The maximum absolute atomic E-state index is 12.2. The van der Waals surface area contributed by atoms with E-state index in [4.69, 9.17) is 4.74 Å². The molecular weight excluding hydrogens is 372 g/mol. The van der Waals surface area contributed by atoms with E-state index in [2.05, 4.69) is 4.98 Å². The van der Waals surface area contributed by atoms with E-state index in [1.807, 2.05) is 73.0 Å². The van der Waals surface area contributed by atoms with Crippen LogP contribution in [0.3, 0.4) is 0 Å². The molecule has 3 aromatic rings. The van der Waals surface area contributed by atoms with Crippen LogP contribution in [0.4, 0.5) is 10.8 Å². The fourth-order valence-corrected chi connectivity index (χ4v) is 3.70. The van der Waals surface area contributed by atoms with Crippen LogP contribution in [0.1, 0.15) is 37.4 Å². The van der Waals surface area contributed by atoms with Crippen LogP contribution in [-0.2, 0) is 20.9 Å². The van der Waals surface area contributed by atoms with Gasteiger partial charge in [-0.25, -0.2) is 4.98 Å². The maximum atomic E-state index is 12.2. The summed E-state index contributed by atoms with van der Waals surface area (Å²) in [6, 6.07) is 19.2. The van der Waals surface area contributed by atoms with Gasteiger partial charge in [-0.2, -0.15) is 0 Å². The molecule has 0 N–H and O–H groups in total. The van der Waals surface area contributed by atoms with E-state index in [0.29, 0.717) is 17.2 Å². The molecule has 0 unspecified atom stereocenters. The third-order valence-corrected chi connectivity index (χ3v) is 5.16. The third kappa shape index (κ3) is 5.04. The van der Waals surface area contributed by atoms with Crippen molar-refractivity contribution in [3.8, 4) is 0 Å². The summed E-state index contributed by atoms with van der Waals surface area (Å²) in [7, 11) is 0. The first kappa shape index (κ1) is 19.8. The molecule has 0 spiro atoms. The van der Waals surface area contributed by atoms with Crippen molar-refractivity contribution in [1.82, 2.24) is 4.98 Å². The number of benzene rings is 2. The number of carbonyl (C=O) groups is 2. The first-order valence-electron chi connectivity index (χ1n) is 9.05. The minimum Gasteiger partial charge on any atom is -0.459 e. The van der Waals surface area contributed by atoms with Crippen molar-refractivity contribution in [2.45, 2.75) is 32.8 Å². The van der Waals surface area contributed by atoms with Crippen LogP contribution < -0.4 is 4.90 Å². The molecule has 0 aliphatic carbocycles. The first-order chi connectivity index (χ1) is 13.5. The van der Waals surface area contributed by atoms with Crippen molar-refractivity contribution in [2.75, 3.05) is 4.90 Å². The quantitative estimate of drug-likeness (QED) is 0.525. The number of esters is 1. The summed E-state index contributed by atoms with van der Waals surface area (Å²) in [6.07, 6.45) is 0.310. The summed E-state index contributed by atoms with van der Waals surface area (Å²) >= 11 is 1.35. The van der Waals surface area contributed by atoms with Crippen molar-refractivity contribution in [3.05, 3.63) is 77.3 Å². The Kier molecular flexibility index (Phi) is 6.55. The van der Waals surface area contributed by atoms with E-state index in [-0.39, 0.29) is 24.4 Å². The van der Waals surface area contributed by atoms with E-state index in [0.717, 1.165) is 11.3 Å². The topological polar surface area (TPSA) is 59.5 Å². The number of aromatic nitrogens is 1. The SMILES string of the molecule is CC(=O)N(c1ccccc1)c1nc(COC(=O)C[C@@H](C)c2ccccc2)cs1. The van der Waals surface area contributed by atoms with Crippen LogP contribution >= 0.6 is 11.3 Å². The highest BCUT2D eigenvalue weighted by Gasteiger charge is 2.18. The molecule has 2 aromatic carbocycles. The number of hydrogen-bond acceptors (Lipinski definition) is 5. The van der Waals surface area contributed by atoms with Gasteiger partial charge in [0.2, 0.25) is 5.91 Å². The molecule has 6 heteroatoms. The van der Waals surface area contributed by atoms with Crippen molar-refractivity contribution in [1.29, 1.82) is 0 Å². The Labute approximate surface area is 168 Å². The summed E-state index contributed by atoms with van der Waals surface area (Å²) < 4.78 is 5.38. The molecule has 0 bridgehead atoms. The van der Waals surface area contributed by atoms with Crippen LogP contribution in [0.2, 0.25) is 0 Å². The zero-order valence-corrected chi connectivity index (χ0v) is 16.7. The summed E-state index contributed by atoms with van der Waals surface area (Å²) in [5.74, 6) is -0.302. The molecule has 28 heavy (non-hydrogen) atoms. The van der Waals surface area contributed by atoms with Crippen LogP contribution in [0, 0.1) is 0 Å². The third-order valence-electron chi connectivity index (χ3n) is 4.28. The average Bonchev–Trinajstić information content (AvgIpc) is 3.16. The first-order valence-corrected chi connectivity index (χ1v) is 9.93.